The maximum Gasteiger partial charge on any atom is 0.338 e. The van der Waals surface area contributed by atoms with Gasteiger partial charge in [-0.2, -0.15) is 0 Å². The zero-order valence-corrected chi connectivity index (χ0v) is 11.7. The van der Waals surface area contributed by atoms with Crippen LogP contribution in [0.5, 0.6) is 0 Å². The summed E-state index contributed by atoms with van der Waals surface area (Å²) in [5, 5.41) is 5.12. The second kappa shape index (κ2) is 6.65. The van der Waals surface area contributed by atoms with E-state index in [9.17, 15) is 13.2 Å². The number of sulfonamides is 1. The van der Waals surface area contributed by atoms with Crippen molar-refractivity contribution in [2.45, 2.75) is 18.2 Å². The van der Waals surface area contributed by atoms with Gasteiger partial charge < -0.3 is 9.47 Å². The summed E-state index contributed by atoms with van der Waals surface area (Å²) in [4.78, 5) is 11.6. The first-order valence-electron chi connectivity index (χ1n) is 5.72. The van der Waals surface area contributed by atoms with Gasteiger partial charge in [-0.15, -0.1) is 0 Å². The van der Waals surface area contributed by atoms with Crippen molar-refractivity contribution < 1.29 is 22.7 Å². The molecule has 0 unspecified atom stereocenters. The van der Waals surface area contributed by atoms with Gasteiger partial charge in [-0.05, 0) is 24.1 Å². The van der Waals surface area contributed by atoms with Gasteiger partial charge in [-0.1, -0.05) is 13.0 Å². The number of esters is 1. The largest absolute Gasteiger partial charge is 0.460 e. The summed E-state index contributed by atoms with van der Waals surface area (Å²) < 4.78 is 32.6. The summed E-state index contributed by atoms with van der Waals surface area (Å²) in [6.45, 7) is 2.19. The smallest absolute Gasteiger partial charge is 0.338 e. The molecule has 1 aromatic rings. The molecular formula is C12H17NO5S. The molecule has 0 amide bonds. The van der Waals surface area contributed by atoms with Crippen LogP contribution < -0.4 is 5.14 Å². The van der Waals surface area contributed by atoms with E-state index in [2.05, 4.69) is 0 Å². The van der Waals surface area contributed by atoms with Gasteiger partial charge in [0.05, 0.1) is 17.1 Å². The minimum Gasteiger partial charge on any atom is -0.460 e. The fraction of sp³-hybridized carbons (Fsp3) is 0.417. The van der Waals surface area contributed by atoms with E-state index >= 15 is 0 Å². The van der Waals surface area contributed by atoms with E-state index in [4.69, 9.17) is 14.6 Å². The van der Waals surface area contributed by atoms with Crippen LogP contribution >= 0.6 is 0 Å². The maximum absolute atomic E-state index is 11.7. The Morgan fingerprint density at radius 2 is 2.00 bits per heavy atom. The number of ether oxygens (including phenoxy) is 2. The van der Waals surface area contributed by atoms with Gasteiger partial charge >= 0.3 is 5.97 Å². The van der Waals surface area contributed by atoms with Crippen molar-refractivity contribution in [3.63, 3.8) is 0 Å². The normalized spacial score (nSPS) is 11.3. The number of benzene rings is 1. The van der Waals surface area contributed by atoms with Gasteiger partial charge in [0.15, 0.2) is 0 Å². The molecule has 1 aromatic carbocycles. The number of carbonyl (C=O) groups excluding carboxylic acids is 1. The first-order valence-corrected chi connectivity index (χ1v) is 7.26. The molecule has 0 heterocycles. The van der Waals surface area contributed by atoms with Gasteiger partial charge in [0.2, 0.25) is 10.0 Å². The molecule has 0 radical (unpaired) electrons. The Balaban J connectivity index is 3.02. The summed E-state index contributed by atoms with van der Waals surface area (Å²) in [5.74, 6) is -0.607. The van der Waals surface area contributed by atoms with E-state index in [-0.39, 0.29) is 23.7 Å². The van der Waals surface area contributed by atoms with Gasteiger partial charge in [0.1, 0.15) is 6.61 Å². The molecule has 2 N–H and O–H groups in total. The van der Waals surface area contributed by atoms with E-state index < -0.39 is 16.0 Å². The SMILES string of the molecule is CCc1ccc(C(=O)OCCOC)cc1S(N)(=O)=O. The Labute approximate surface area is 112 Å². The molecule has 106 valence electrons. The van der Waals surface area contributed by atoms with Gasteiger partial charge in [-0.25, -0.2) is 18.4 Å². The van der Waals surface area contributed by atoms with E-state index in [1.165, 1.54) is 19.2 Å². The Bertz CT molecular complexity index is 553. The van der Waals surface area contributed by atoms with Crippen LogP contribution in [0.15, 0.2) is 23.1 Å². The number of nitrogens with two attached hydrogens (primary N) is 1. The Morgan fingerprint density at radius 3 is 2.53 bits per heavy atom. The van der Waals surface area contributed by atoms with Crippen molar-refractivity contribution in [1.29, 1.82) is 0 Å². The predicted molar refractivity (Wildman–Crippen MR) is 69.4 cm³/mol. The van der Waals surface area contributed by atoms with Crippen molar-refractivity contribution in [2.75, 3.05) is 20.3 Å². The lowest BCUT2D eigenvalue weighted by atomic mass is 10.1. The van der Waals surface area contributed by atoms with Crippen LogP contribution in [0, 0.1) is 0 Å². The van der Waals surface area contributed by atoms with E-state index in [1.54, 1.807) is 13.0 Å². The standard InChI is InChI=1S/C12H17NO5S/c1-3-9-4-5-10(8-11(9)19(13,15)16)12(14)18-7-6-17-2/h4-5,8H,3,6-7H2,1-2H3,(H2,13,15,16). The monoisotopic (exact) mass is 287 g/mol. The number of methoxy groups -OCH3 is 1. The number of primary sulfonamides is 1. The number of carbonyl (C=O) groups is 1. The lowest BCUT2D eigenvalue weighted by molar-refractivity contribution is 0.0388. The van der Waals surface area contributed by atoms with Crippen molar-refractivity contribution in [1.82, 2.24) is 0 Å². The molecule has 6 nitrogen and oxygen atoms in total. The summed E-state index contributed by atoms with van der Waals surface area (Å²) in [6.07, 6.45) is 0.505. The van der Waals surface area contributed by atoms with Crippen LogP contribution in [0.4, 0.5) is 0 Å². The molecule has 0 saturated carbocycles. The molecule has 1 rings (SSSR count). The van der Waals surface area contributed by atoms with Crippen LogP contribution in [0.2, 0.25) is 0 Å². The third kappa shape index (κ3) is 4.30. The Morgan fingerprint density at radius 1 is 1.32 bits per heavy atom. The van der Waals surface area contributed by atoms with Crippen LogP contribution in [0.3, 0.4) is 0 Å². The molecule has 0 aromatic heterocycles. The third-order valence-corrected chi connectivity index (χ3v) is 3.50. The molecule has 7 heteroatoms. The molecule has 0 fully saturated rings. The Hall–Kier alpha value is -1.44. The predicted octanol–water partition coefficient (Wildman–Crippen LogP) is 0.700. The van der Waals surface area contributed by atoms with Crippen LogP contribution in [-0.2, 0) is 25.9 Å². The second-order valence-corrected chi connectivity index (χ2v) is 5.38. The van der Waals surface area contributed by atoms with Crippen LogP contribution in [-0.4, -0.2) is 34.7 Å². The molecule has 0 aliphatic carbocycles. The average molecular weight is 287 g/mol. The van der Waals surface area contributed by atoms with E-state index in [1.807, 2.05) is 0 Å². The molecule has 0 saturated heterocycles. The average Bonchev–Trinajstić information content (AvgIpc) is 2.37. The van der Waals surface area contributed by atoms with Gasteiger partial charge in [0, 0.05) is 7.11 Å². The third-order valence-electron chi connectivity index (χ3n) is 2.51. The van der Waals surface area contributed by atoms with Crippen molar-refractivity contribution >= 4 is 16.0 Å². The molecule has 0 aliphatic rings. The minimum absolute atomic E-state index is 0.0452. The summed E-state index contributed by atoms with van der Waals surface area (Å²) in [7, 11) is -2.37. The first kappa shape index (κ1) is 15.6. The molecule has 0 bridgehead atoms. The quantitative estimate of drug-likeness (QED) is 0.613. The highest BCUT2D eigenvalue weighted by atomic mass is 32.2. The summed E-state index contributed by atoms with van der Waals surface area (Å²) >= 11 is 0. The number of hydrogen-bond donors (Lipinski definition) is 1. The molecule has 0 atom stereocenters. The lowest BCUT2D eigenvalue weighted by Crippen LogP contribution is -2.16. The van der Waals surface area contributed by atoms with E-state index in [0.717, 1.165) is 0 Å². The zero-order valence-electron chi connectivity index (χ0n) is 10.9. The summed E-state index contributed by atoms with van der Waals surface area (Å²) in [5.41, 5.74) is 0.716. The highest BCUT2D eigenvalue weighted by molar-refractivity contribution is 7.89. The summed E-state index contributed by atoms with van der Waals surface area (Å²) in [6, 6.07) is 4.32. The lowest BCUT2D eigenvalue weighted by Gasteiger charge is -2.09. The fourth-order valence-corrected chi connectivity index (χ4v) is 2.41. The molecule has 19 heavy (non-hydrogen) atoms. The first-order chi connectivity index (χ1) is 8.90. The van der Waals surface area contributed by atoms with Crippen molar-refractivity contribution in [2.24, 2.45) is 5.14 Å². The number of hydrogen-bond acceptors (Lipinski definition) is 5. The minimum atomic E-state index is -3.86. The maximum atomic E-state index is 11.7. The molecular weight excluding hydrogens is 270 g/mol. The Kier molecular flexibility index (Phi) is 5.46. The molecule has 0 spiro atoms. The van der Waals surface area contributed by atoms with E-state index in [0.29, 0.717) is 12.0 Å². The highest BCUT2D eigenvalue weighted by Crippen LogP contribution is 2.17. The number of aryl methyl sites for hydroxylation is 1. The topological polar surface area (TPSA) is 95.7 Å². The van der Waals surface area contributed by atoms with Crippen LogP contribution in [0.25, 0.3) is 0 Å². The fourth-order valence-electron chi connectivity index (χ4n) is 1.54. The van der Waals surface area contributed by atoms with Gasteiger partial charge in [-0.3, -0.25) is 0 Å². The highest BCUT2D eigenvalue weighted by Gasteiger charge is 2.17. The molecule has 0 aliphatic heterocycles. The van der Waals surface area contributed by atoms with Gasteiger partial charge in [0.25, 0.3) is 0 Å². The zero-order chi connectivity index (χ0) is 14.5. The second-order valence-electron chi connectivity index (χ2n) is 3.85. The van der Waals surface area contributed by atoms with Crippen molar-refractivity contribution in [3.8, 4) is 0 Å². The number of rotatable bonds is 6. The van der Waals surface area contributed by atoms with Crippen LogP contribution in [0.1, 0.15) is 22.8 Å². The van der Waals surface area contributed by atoms with Crippen molar-refractivity contribution in [3.05, 3.63) is 29.3 Å².